The first kappa shape index (κ1) is 14.9. The Labute approximate surface area is 122 Å². The first-order valence-corrected chi connectivity index (χ1v) is 7.82. The third-order valence-corrected chi connectivity index (χ3v) is 4.86. The number of alkyl halides is 1. The minimum absolute atomic E-state index is 0.0712. The van der Waals surface area contributed by atoms with E-state index >= 15 is 0 Å². The number of benzene rings is 1. The van der Waals surface area contributed by atoms with Crippen LogP contribution in [0.5, 0.6) is 0 Å². The van der Waals surface area contributed by atoms with E-state index in [1.165, 1.54) is 17.5 Å². The van der Waals surface area contributed by atoms with Crippen LogP contribution in [0.1, 0.15) is 63.0 Å². The summed E-state index contributed by atoms with van der Waals surface area (Å²) < 4.78 is 5.66. The van der Waals surface area contributed by atoms with E-state index in [9.17, 15) is 0 Å². The predicted octanol–water partition coefficient (Wildman–Crippen LogP) is 5.22. The van der Waals surface area contributed by atoms with Gasteiger partial charge in [-0.25, -0.2) is 0 Å². The molecule has 2 unspecified atom stereocenters. The average Bonchev–Trinajstić information content (AvgIpc) is 2.91. The van der Waals surface area contributed by atoms with Crippen LogP contribution in [0.4, 0.5) is 0 Å². The molecule has 0 N–H and O–H groups in total. The van der Waals surface area contributed by atoms with Crippen LogP contribution in [0.2, 0.25) is 0 Å². The second kappa shape index (κ2) is 6.28. The minimum Gasteiger partial charge on any atom is -0.378 e. The molecule has 1 aromatic carbocycles. The molecular formula is C17H25ClO. The molecule has 1 aromatic rings. The molecule has 19 heavy (non-hydrogen) atoms. The summed E-state index contributed by atoms with van der Waals surface area (Å²) in [6.45, 7) is 7.70. The summed E-state index contributed by atoms with van der Waals surface area (Å²) in [7, 11) is 0. The summed E-state index contributed by atoms with van der Waals surface area (Å²) in [6, 6.07) is 8.81. The van der Waals surface area contributed by atoms with Crippen LogP contribution in [-0.4, -0.2) is 12.7 Å². The molecule has 0 spiro atoms. The van der Waals surface area contributed by atoms with Crippen LogP contribution in [0, 0.1) is 0 Å². The standard InChI is InChI=1S/C17H25ClO/c1-4-17(2,3)14-9-7-13(8-10-14)16(18)12-15-6-5-11-19-15/h7-10,15-16H,4-6,11-12H2,1-3H3. The van der Waals surface area contributed by atoms with Crippen molar-refractivity contribution in [1.29, 1.82) is 0 Å². The van der Waals surface area contributed by atoms with Crippen molar-refractivity contribution in [2.75, 3.05) is 6.61 Å². The molecule has 1 aliphatic heterocycles. The van der Waals surface area contributed by atoms with Gasteiger partial charge in [0, 0.05) is 6.61 Å². The average molecular weight is 281 g/mol. The third-order valence-electron chi connectivity index (χ3n) is 4.43. The molecule has 2 heteroatoms. The summed E-state index contributed by atoms with van der Waals surface area (Å²) in [4.78, 5) is 0. The molecule has 0 amide bonds. The van der Waals surface area contributed by atoms with Crippen LogP contribution < -0.4 is 0 Å². The van der Waals surface area contributed by atoms with E-state index in [-0.39, 0.29) is 10.8 Å². The Morgan fingerprint density at radius 2 is 2.00 bits per heavy atom. The maximum absolute atomic E-state index is 6.51. The van der Waals surface area contributed by atoms with Gasteiger partial charge in [0.1, 0.15) is 0 Å². The van der Waals surface area contributed by atoms with Gasteiger partial charge in [0.15, 0.2) is 0 Å². The van der Waals surface area contributed by atoms with Gasteiger partial charge in [0.25, 0.3) is 0 Å². The molecular weight excluding hydrogens is 256 g/mol. The predicted molar refractivity (Wildman–Crippen MR) is 81.9 cm³/mol. The van der Waals surface area contributed by atoms with Crippen LogP contribution >= 0.6 is 11.6 Å². The molecule has 0 bridgehead atoms. The van der Waals surface area contributed by atoms with Gasteiger partial charge >= 0.3 is 0 Å². The van der Waals surface area contributed by atoms with Gasteiger partial charge < -0.3 is 4.74 Å². The maximum Gasteiger partial charge on any atom is 0.0609 e. The highest BCUT2D eigenvalue weighted by Gasteiger charge is 2.22. The fraction of sp³-hybridized carbons (Fsp3) is 0.647. The lowest BCUT2D eigenvalue weighted by atomic mass is 9.82. The molecule has 0 radical (unpaired) electrons. The molecule has 0 aromatic heterocycles. The number of ether oxygens (including phenoxy) is 1. The topological polar surface area (TPSA) is 9.23 Å². The van der Waals surface area contributed by atoms with Crippen molar-refractivity contribution < 1.29 is 4.74 Å². The van der Waals surface area contributed by atoms with Crippen molar-refractivity contribution in [2.45, 2.75) is 63.4 Å². The van der Waals surface area contributed by atoms with Gasteiger partial charge in [-0.2, -0.15) is 0 Å². The lowest BCUT2D eigenvalue weighted by Crippen LogP contribution is -2.15. The summed E-state index contributed by atoms with van der Waals surface area (Å²) in [6.07, 6.45) is 4.77. The maximum atomic E-state index is 6.51. The van der Waals surface area contributed by atoms with Gasteiger partial charge in [-0.15, -0.1) is 11.6 Å². The quantitative estimate of drug-likeness (QED) is 0.672. The van der Waals surface area contributed by atoms with Gasteiger partial charge in [-0.05, 0) is 42.2 Å². The highest BCUT2D eigenvalue weighted by molar-refractivity contribution is 6.20. The lowest BCUT2D eigenvalue weighted by molar-refractivity contribution is 0.103. The number of hydrogen-bond acceptors (Lipinski definition) is 1. The molecule has 2 rings (SSSR count). The van der Waals surface area contributed by atoms with E-state index in [0.29, 0.717) is 6.10 Å². The summed E-state index contributed by atoms with van der Waals surface area (Å²) in [5.41, 5.74) is 2.85. The van der Waals surface area contributed by atoms with E-state index < -0.39 is 0 Å². The van der Waals surface area contributed by atoms with Gasteiger partial charge in [-0.1, -0.05) is 45.0 Å². The van der Waals surface area contributed by atoms with Crippen molar-refractivity contribution in [3.05, 3.63) is 35.4 Å². The van der Waals surface area contributed by atoms with Gasteiger partial charge in [0.05, 0.1) is 11.5 Å². The summed E-state index contributed by atoms with van der Waals surface area (Å²) in [5.74, 6) is 0. The van der Waals surface area contributed by atoms with E-state index in [1.54, 1.807) is 0 Å². The van der Waals surface area contributed by atoms with Crippen LogP contribution in [-0.2, 0) is 10.2 Å². The molecule has 2 atom stereocenters. The number of hydrogen-bond donors (Lipinski definition) is 0. The fourth-order valence-corrected chi connectivity index (χ4v) is 2.89. The Morgan fingerprint density at radius 3 is 2.53 bits per heavy atom. The lowest BCUT2D eigenvalue weighted by Gasteiger charge is -2.24. The van der Waals surface area contributed by atoms with Crippen molar-refractivity contribution in [3.63, 3.8) is 0 Å². The highest BCUT2D eigenvalue weighted by Crippen LogP contribution is 2.32. The second-order valence-electron chi connectivity index (χ2n) is 6.20. The van der Waals surface area contributed by atoms with Crippen molar-refractivity contribution in [1.82, 2.24) is 0 Å². The molecule has 1 saturated heterocycles. The zero-order valence-corrected chi connectivity index (χ0v) is 13.0. The van der Waals surface area contributed by atoms with Crippen molar-refractivity contribution in [3.8, 4) is 0 Å². The Hall–Kier alpha value is -0.530. The molecule has 1 nitrogen and oxygen atoms in total. The van der Waals surface area contributed by atoms with E-state index in [0.717, 1.165) is 25.9 Å². The third kappa shape index (κ3) is 3.73. The Kier molecular flexibility index (Phi) is 4.92. The molecule has 1 fully saturated rings. The minimum atomic E-state index is 0.0712. The first-order chi connectivity index (χ1) is 9.03. The smallest absolute Gasteiger partial charge is 0.0609 e. The summed E-state index contributed by atoms with van der Waals surface area (Å²) in [5, 5.41) is 0.0712. The highest BCUT2D eigenvalue weighted by atomic mass is 35.5. The number of rotatable bonds is 5. The second-order valence-corrected chi connectivity index (χ2v) is 6.72. The van der Waals surface area contributed by atoms with E-state index in [2.05, 4.69) is 45.0 Å². The zero-order chi connectivity index (χ0) is 13.9. The zero-order valence-electron chi connectivity index (χ0n) is 12.3. The monoisotopic (exact) mass is 280 g/mol. The first-order valence-electron chi connectivity index (χ1n) is 7.39. The molecule has 1 aliphatic rings. The molecule has 0 aliphatic carbocycles. The SMILES string of the molecule is CCC(C)(C)c1ccc(C(Cl)CC2CCCO2)cc1. The molecule has 106 valence electrons. The molecule has 0 saturated carbocycles. The van der Waals surface area contributed by atoms with Crippen LogP contribution in [0.15, 0.2) is 24.3 Å². The number of halogens is 1. The fourth-order valence-electron chi connectivity index (χ4n) is 2.54. The summed E-state index contributed by atoms with van der Waals surface area (Å²) >= 11 is 6.51. The van der Waals surface area contributed by atoms with Crippen LogP contribution in [0.3, 0.4) is 0 Å². The molecule has 1 heterocycles. The van der Waals surface area contributed by atoms with E-state index in [4.69, 9.17) is 16.3 Å². The van der Waals surface area contributed by atoms with Gasteiger partial charge in [-0.3, -0.25) is 0 Å². The normalized spacial score (nSPS) is 21.6. The Bertz CT molecular complexity index is 390. The van der Waals surface area contributed by atoms with Gasteiger partial charge in [0.2, 0.25) is 0 Å². The van der Waals surface area contributed by atoms with E-state index in [1.807, 2.05) is 0 Å². The Morgan fingerprint density at radius 1 is 1.32 bits per heavy atom. The van der Waals surface area contributed by atoms with Crippen molar-refractivity contribution in [2.24, 2.45) is 0 Å². The Balaban J connectivity index is 2.01. The van der Waals surface area contributed by atoms with Crippen molar-refractivity contribution >= 4 is 11.6 Å². The van der Waals surface area contributed by atoms with Crippen LogP contribution in [0.25, 0.3) is 0 Å². The largest absolute Gasteiger partial charge is 0.378 e.